The second-order valence-electron chi connectivity index (χ2n) is 4.27. The number of amides is 1. The Morgan fingerprint density at radius 1 is 1.37 bits per heavy atom. The minimum Gasteiger partial charge on any atom is -0.479 e. The fourth-order valence-corrected chi connectivity index (χ4v) is 3.66. The maximum absolute atomic E-state index is 12.1. The van der Waals surface area contributed by atoms with E-state index in [4.69, 9.17) is 23.2 Å². The van der Waals surface area contributed by atoms with Gasteiger partial charge in [-0.05, 0) is 30.4 Å². The van der Waals surface area contributed by atoms with Crippen molar-refractivity contribution in [1.82, 2.24) is 5.32 Å². The van der Waals surface area contributed by atoms with E-state index in [1.165, 1.54) is 23.9 Å². The van der Waals surface area contributed by atoms with Crippen molar-refractivity contribution < 1.29 is 14.7 Å². The Balaban J connectivity index is 2.22. The second kappa shape index (κ2) is 5.61. The minimum absolute atomic E-state index is 0.205. The van der Waals surface area contributed by atoms with Gasteiger partial charge in [-0.3, -0.25) is 4.79 Å². The van der Waals surface area contributed by atoms with Gasteiger partial charge in [-0.25, -0.2) is 4.79 Å². The predicted octanol–water partition coefficient (Wildman–Crippen LogP) is 2.68. The first kappa shape index (κ1) is 14.5. The number of carbonyl (C=O) groups is 2. The van der Waals surface area contributed by atoms with Crippen molar-refractivity contribution in [3.63, 3.8) is 0 Å². The normalized spacial score (nSPS) is 22.2. The first-order chi connectivity index (χ1) is 8.94. The van der Waals surface area contributed by atoms with Crippen LogP contribution in [-0.2, 0) is 4.79 Å². The zero-order valence-electron chi connectivity index (χ0n) is 9.78. The summed E-state index contributed by atoms with van der Waals surface area (Å²) in [7, 11) is 0. The van der Waals surface area contributed by atoms with E-state index in [1.807, 2.05) is 0 Å². The molecule has 1 atom stereocenters. The molecule has 1 aromatic rings. The summed E-state index contributed by atoms with van der Waals surface area (Å²) in [5.41, 5.74) is -0.978. The zero-order valence-corrected chi connectivity index (χ0v) is 12.1. The Bertz CT molecular complexity index is 530. The summed E-state index contributed by atoms with van der Waals surface area (Å²) in [6.45, 7) is 0. The van der Waals surface area contributed by atoms with Crippen LogP contribution < -0.4 is 5.32 Å². The molecule has 1 amide bonds. The molecule has 1 aliphatic heterocycles. The topological polar surface area (TPSA) is 66.4 Å². The van der Waals surface area contributed by atoms with E-state index in [9.17, 15) is 14.7 Å². The summed E-state index contributed by atoms with van der Waals surface area (Å²) in [4.78, 5) is 23.5. The number of carbonyl (C=O) groups excluding carboxylic acids is 1. The number of benzene rings is 1. The van der Waals surface area contributed by atoms with Crippen LogP contribution >= 0.6 is 35.0 Å². The van der Waals surface area contributed by atoms with Crippen molar-refractivity contribution in [1.29, 1.82) is 0 Å². The zero-order chi connectivity index (χ0) is 14.0. The van der Waals surface area contributed by atoms with Crippen LogP contribution in [0.3, 0.4) is 0 Å². The Kier molecular flexibility index (Phi) is 4.28. The van der Waals surface area contributed by atoms with Crippen LogP contribution in [0.15, 0.2) is 18.2 Å². The Hall–Kier alpha value is -0.910. The molecule has 2 rings (SSSR count). The highest BCUT2D eigenvalue weighted by Gasteiger charge is 2.43. The van der Waals surface area contributed by atoms with Gasteiger partial charge in [-0.2, -0.15) is 11.8 Å². The maximum atomic E-state index is 12.1. The van der Waals surface area contributed by atoms with Gasteiger partial charge in [-0.1, -0.05) is 23.2 Å². The molecule has 4 nitrogen and oxygen atoms in total. The average Bonchev–Trinajstić information content (AvgIpc) is 2.78. The number of halogens is 2. The van der Waals surface area contributed by atoms with Crippen LogP contribution in [0.25, 0.3) is 0 Å². The van der Waals surface area contributed by atoms with Gasteiger partial charge in [0.15, 0.2) is 0 Å². The van der Waals surface area contributed by atoms with Crippen LogP contribution in [0.2, 0.25) is 10.0 Å². The third-order valence-corrected chi connectivity index (χ3v) is 4.70. The summed E-state index contributed by atoms with van der Waals surface area (Å²) in [5.74, 6) is -0.442. The third kappa shape index (κ3) is 2.99. The molecule has 0 saturated carbocycles. The second-order valence-corrected chi connectivity index (χ2v) is 6.22. The van der Waals surface area contributed by atoms with E-state index in [0.29, 0.717) is 22.9 Å². The standard InChI is InChI=1S/C12H11Cl2NO3S/c13-7-1-2-8(9(14)5-7)10(16)15-12(11(17)18)3-4-19-6-12/h1-2,5H,3-4,6H2,(H,15,16)(H,17,18)/t12-/m0/s1. The molecule has 0 unspecified atom stereocenters. The molecule has 0 aromatic heterocycles. The number of nitrogens with one attached hydrogen (secondary N) is 1. The summed E-state index contributed by atoms with van der Waals surface area (Å²) in [6.07, 6.45) is 0.407. The molecule has 1 aromatic carbocycles. The van der Waals surface area contributed by atoms with E-state index in [-0.39, 0.29) is 10.6 Å². The third-order valence-electron chi connectivity index (χ3n) is 2.96. The monoisotopic (exact) mass is 319 g/mol. The SMILES string of the molecule is O=C(N[C@@]1(C(=O)O)CCSC1)c1ccc(Cl)cc1Cl. The Morgan fingerprint density at radius 2 is 2.11 bits per heavy atom. The number of thioether (sulfide) groups is 1. The van der Waals surface area contributed by atoms with Gasteiger partial charge in [0.05, 0.1) is 10.6 Å². The molecule has 0 aliphatic carbocycles. The van der Waals surface area contributed by atoms with Crippen molar-refractivity contribution in [2.24, 2.45) is 0 Å². The fraction of sp³-hybridized carbons (Fsp3) is 0.333. The highest BCUT2D eigenvalue weighted by molar-refractivity contribution is 7.99. The summed E-state index contributed by atoms with van der Waals surface area (Å²) in [5, 5.41) is 12.5. The van der Waals surface area contributed by atoms with Gasteiger partial charge < -0.3 is 10.4 Å². The van der Waals surface area contributed by atoms with Gasteiger partial charge in [0.25, 0.3) is 5.91 Å². The van der Waals surface area contributed by atoms with Crippen LogP contribution in [0.1, 0.15) is 16.8 Å². The van der Waals surface area contributed by atoms with Gasteiger partial charge in [0.2, 0.25) is 0 Å². The number of aliphatic carboxylic acids is 1. The number of hydrogen-bond acceptors (Lipinski definition) is 3. The number of carboxylic acid groups (broad SMARTS) is 1. The van der Waals surface area contributed by atoms with E-state index < -0.39 is 17.4 Å². The molecule has 1 aliphatic rings. The van der Waals surface area contributed by atoms with E-state index in [2.05, 4.69) is 5.32 Å². The average molecular weight is 320 g/mol. The largest absolute Gasteiger partial charge is 0.479 e. The first-order valence-corrected chi connectivity index (χ1v) is 7.44. The molecule has 1 fully saturated rings. The van der Waals surface area contributed by atoms with Crippen LogP contribution in [0, 0.1) is 0 Å². The lowest BCUT2D eigenvalue weighted by Gasteiger charge is -2.24. The van der Waals surface area contributed by atoms with E-state index >= 15 is 0 Å². The van der Waals surface area contributed by atoms with Crippen molar-refractivity contribution in [3.8, 4) is 0 Å². The number of rotatable bonds is 3. The Morgan fingerprint density at radius 3 is 2.63 bits per heavy atom. The number of hydrogen-bond donors (Lipinski definition) is 2. The van der Waals surface area contributed by atoms with E-state index in [1.54, 1.807) is 6.07 Å². The van der Waals surface area contributed by atoms with Gasteiger partial charge >= 0.3 is 5.97 Å². The molecule has 1 saturated heterocycles. The van der Waals surface area contributed by atoms with Crippen molar-refractivity contribution in [2.75, 3.05) is 11.5 Å². The predicted molar refractivity (Wildman–Crippen MR) is 76.2 cm³/mol. The lowest BCUT2D eigenvalue weighted by atomic mass is 9.98. The molecular weight excluding hydrogens is 309 g/mol. The lowest BCUT2D eigenvalue weighted by molar-refractivity contribution is -0.143. The maximum Gasteiger partial charge on any atom is 0.330 e. The first-order valence-electron chi connectivity index (χ1n) is 5.53. The minimum atomic E-state index is -1.20. The van der Waals surface area contributed by atoms with Crippen LogP contribution in [-0.4, -0.2) is 34.0 Å². The highest BCUT2D eigenvalue weighted by Crippen LogP contribution is 2.29. The molecular formula is C12H11Cl2NO3S. The quantitative estimate of drug-likeness (QED) is 0.899. The summed E-state index contributed by atoms with van der Waals surface area (Å²) < 4.78 is 0. The highest BCUT2D eigenvalue weighted by atomic mass is 35.5. The van der Waals surface area contributed by atoms with Crippen molar-refractivity contribution >= 4 is 46.8 Å². The molecule has 1 heterocycles. The van der Waals surface area contributed by atoms with Gasteiger partial charge in [-0.15, -0.1) is 0 Å². The summed E-state index contributed by atoms with van der Waals surface area (Å²) >= 11 is 13.2. The summed E-state index contributed by atoms with van der Waals surface area (Å²) in [6, 6.07) is 4.48. The van der Waals surface area contributed by atoms with E-state index in [0.717, 1.165) is 0 Å². The van der Waals surface area contributed by atoms with Crippen LogP contribution in [0.5, 0.6) is 0 Å². The van der Waals surface area contributed by atoms with Gasteiger partial charge in [0.1, 0.15) is 5.54 Å². The molecule has 0 spiro atoms. The van der Waals surface area contributed by atoms with Crippen molar-refractivity contribution in [3.05, 3.63) is 33.8 Å². The molecule has 2 N–H and O–H groups in total. The van der Waals surface area contributed by atoms with Gasteiger partial charge in [0, 0.05) is 10.8 Å². The number of carboxylic acids is 1. The molecule has 0 bridgehead atoms. The van der Waals surface area contributed by atoms with Crippen LogP contribution in [0.4, 0.5) is 0 Å². The lowest BCUT2D eigenvalue weighted by Crippen LogP contribution is -2.54. The fourth-order valence-electron chi connectivity index (χ4n) is 1.84. The molecule has 0 radical (unpaired) electrons. The molecule has 7 heteroatoms. The smallest absolute Gasteiger partial charge is 0.330 e. The molecule has 102 valence electrons. The Labute approximate surface area is 124 Å². The van der Waals surface area contributed by atoms with Crippen molar-refractivity contribution in [2.45, 2.75) is 12.0 Å². The molecule has 19 heavy (non-hydrogen) atoms.